The molecule has 112 valence electrons. The molecule has 1 aromatic carbocycles. The average molecular weight is 295 g/mol. The first-order valence-corrected chi connectivity index (χ1v) is 6.91. The summed E-state index contributed by atoms with van der Waals surface area (Å²) >= 11 is 0. The lowest BCUT2D eigenvalue weighted by Crippen LogP contribution is -2.38. The third-order valence-electron chi connectivity index (χ3n) is 3.85. The Bertz CT molecular complexity index is 622. The van der Waals surface area contributed by atoms with Crippen molar-refractivity contribution >= 4 is 16.5 Å². The molecule has 1 fully saturated rings. The minimum absolute atomic E-state index is 0.0159. The van der Waals surface area contributed by atoms with Gasteiger partial charge in [-0.1, -0.05) is 12.1 Å². The second-order valence-corrected chi connectivity index (χ2v) is 5.26. The number of anilines is 1. The maximum absolute atomic E-state index is 13.0. The number of nitrogens with one attached hydrogen (secondary N) is 1. The molecule has 0 aliphatic carbocycles. The Labute approximate surface area is 120 Å². The maximum atomic E-state index is 13.0. The van der Waals surface area contributed by atoms with Crippen LogP contribution >= 0.6 is 0 Å². The molecular formula is C15H16F3N3. The number of rotatable bonds is 1. The predicted molar refractivity (Wildman–Crippen MR) is 76.4 cm³/mol. The number of hydrogen-bond acceptors (Lipinski definition) is 3. The van der Waals surface area contributed by atoms with E-state index >= 15 is 0 Å². The highest BCUT2D eigenvalue weighted by Gasteiger charge is 2.41. The molecule has 1 aliphatic heterocycles. The fraction of sp³-hybridized carbons (Fsp3) is 0.400. The number of nitrogens with zero attached hydrogens (tertiary/aromatic N) is 2. The summed E-state index contributed by atoms with van der Waals surface area (Å²) < 4.78 is 39.1. The Morgan fingerprint density at radius 2 is 2.10 bits per heavy atom. The Balaban J connectivity index is 1.97. The van der Waals surface area contributed by atoms with Gasteiger partial charge in [-0.2, -0.15) is 13.2 Å². The van der Waals surface area contributed by atoms with Gasteiger partial charge in [0, 0.05) is 55.0 Å². The molecule has 21 heavy (non-hydrogen) atoms. The van der Waals surface area contributed by atoms with Crippen LogP contribution in [-0.2, 0) is 0 Å². The second-order valence-electron chi connectivity index (χ2n) is 5.26. The lowest BCUT2D eigenvalue weighted by atomic mass is 10.1. The fourth-order valence-electron chi connectivity index (χ4n) is 2.73. The van der Waals surface area contributed by atoms with Gasteiger partial charge in [0.05, 0.1) is 5.92 Å². The fourth-order valence-corrected chi connectivity index (χ4v) is 2.73. The largest absolute Gasteiger partial charge is 0.394 e. The van der Waals surface area contributed by atoms with Crippen molar-refractivity contribution in [3.8, 4) is 0 Å². The Kier molecular flexibility index (Phi) is 3.71. The van der Waals surface area contributed by atoms with Gasteiger partial charge >= 0.3 is 6.18 Å². The predicted octanol–water partition coefficient (Wildman–Crippen LogP) is 2.82. The molecule has 6 heteroatoms. The smallest absolute Gasteiger partial charge is 0.369 e. The summed E-state index contributed by atoms with van der Waals surface area (Å²) in [7, 11) is 0. The van der Waals surface area contributed by atoms with E-state index in [-0.39, 0.29) is 13.1 Å². The molecule has 3 nitrogen and oxygen atoms in total. The van der Waals surface area contributed by atoms with E-state index in [1.165, 1.54) is 0 Å². The number of benzene rings is 1. The van der Waals surface area contributed by atoms with E-state index in [0.29, 0.717) is 13.1 Å². The number of aromatic nitrogens is 1. The number of hydrogen-bond donors (Lipinski definition) is 1. The minimum atomic E-state index is -4.18. The molecule has 1 unspecified atom stereocenters. The van der Waals surface area contributed by atoms with Crippen LogP contribution in [0.2, 0.25) is 0 Å². The van der Waals surface area contributed by atoms with Crippen LogP contribution < -0.4 is 10.2 Å². The van der Waals surface area contributed by atoms with Crippen molar-refractivity contribution in [2.24, 2.45) is 5.92 Å². The second kappa shape index (κ2) is 5.52. The number of halogens is 3. The van der Waals surface area contributed by atoms with Crippen molar-refractivity contribution in [1.29, 1.82) is 0 Å². The quantitative estimate of drug-likeness (QED) is 0.877. The summed E-state index contributed by atoms with van der Waals surface area (Å²) in [5, 5.41) is 4.76. The molecule has 1 saturated heterocycles. The van der Waals surface area contributed by atoms with Crippen molar-refractivity contribution in [3.05, 3.63) is 36.7 Å². The highest BCUT2D eigenvalue weighted by Crippen LogP contribution is 2.31. The monoisotopic (exact) mass is 295 g/mol. The summed E-state index contributed by atoms with van der Waals surface area (Å²) in [6, 6.07) is 7.51. The number of pyridine rings is 1. The van der Waals surface area contributed by atoms with Gasteiger partial charge in [0.2, 0.25) is 0 Å². The van der Waals surface area contributed by atoms with Gasteiger partial charge in [0.25, 0.3) is 0 Å². The zero-order valence-corrected chi connectivity index (χ0v) is 11.4. The molecule has 3 rings (SSSR count). The van der Waals surface area contributed by atoms with Crippen LogP contribution in [0.3, 0.4) is 0 Å². The van der Waals surface area contributed by atoms with Crippen LogP contribution in [0.4, 0.5) is 18.9 Å². The molecule has 1 aromatic heterocycles. The SMILES string of the molecule is FC(F)(F)C1CNCCN(c2cccc3cnccc23)C1. The van der Waals surface area contributed by atoms with Crippen molar-refractivity contribution in [3.63, 3.8) is 0 Å². The van der Waals surface area contributed by atoms with Gasteiger partial charge in [-0.3, -0.25) is 4.98 Å². The summed E-state index contributed by atoms with van der Waals surface area (Å²) in [6.45, 7) is 1.08. The molecule has 0 radical (unpaired) electrons. The van der Waals surface area contributed by atoms with Crippen molar-refractivity contribution < 1.29 is 13.2 Å². The number of alkyl halides is 3. The summed E-state index contributed by atoms with van der Waals surface area (Å²) in [5.41, 5.74) is 0.841. The van der Waals surface area contributed by atoms with E-state index in [2.05, 4.69) is 10.3 Å². The molecule has 0 spiro atoms. The molecule has 0 amide bonds. The van der Waals surface area contributed by atoms with Crippen molar-refractivity contribution in [2.45, 2.75) is 6.18 Å². The van der Waals surface area contributed by atoms with E-state index in [4.69, 9.17) is 0 Å². The topological polar surface area (TPSA) is 28.2 Å². The summed E-state index contributed by atoms with van der Waals surface area (Å²) in [5.74, 6) is -1.35. The van der Waals surface area contributed by atoms with Gasteiger partial charge in [-0.05, 0) is 12.1 Å². The van der Waals surface area contributed by atoms with E-state index < -0.39 is 12.1 Å². The van der Waals surface area contributed by atoms with Gasteiger partial charge in [-0.15, -0.1) is 0 Å². The molecule has 1 atom stereocenters. The summed E-state index contributed by atoms with van der Waals surface area (Å²) in [6.07, 6.45) is -0.777. The van der Waals surface area contributed by atoms with E-state index in [1.54, 1.807) is 12.4 Å². The molecule has 1 N–H and O–H groups in total. The Morgan fingerprint density at radius 3 is 2.90 bits per heavy atom. The first kappa shape index (κ1) is 14.1. The molecule has 0 saturated carbocycles. The molecule has 2 aromatic rings. The van der Waals surface area contributed by atoms with Crippen LogP contribution in [0.25, 0.3) is 10.8 Å². The highest BCUT2D eigenvalue weighted by molar-refractivity contribution is 5.93. The normalized spacial score (nSPS) is 20.5. The third kappa shape index (κ3) is 2.95. The van der Waals surface area contributed by atoms with Gasteiger partial charge in [0.1, 0.15) is 0 Å². The Hall–Kier alpha value is -1.82. The van der Waals surface area contributed by atoms with Gasteiger partial charge in [0.15, 0.2) is 0 Å². The highest BCUT2D eigenvalue weighted by atomic mass is 19.4. The van der Waals surface area contributed by atoms with Crippen molar-refractivity contribution in [1.82, 2.24) is 10.3 Å². The third-order valence-corrected chi connectivity index (χ3v) is 3.85. The molecule has 1 aliphatic rings. The molecule has 2 heterocycles. The zero-order valence-electron chi connectivity index (χ0n) is 11.4. The first-order chi connectivity index (χ1) is 10.1. The van der Waals surface area contributed by atoms with E-state index in [9.17, 15) is 13.2 Å². The lowest BCUT2D eigenvalue weighted by molar-refractivity contribution is -0.169. The summed E-state index contributed by atoms with van der Waals surface area (Å²) in [4.78, 5) is 5.88. The lowest BCUT2D eigenvalue weighted by Gasteiger charge is -2.28. The van der Waals surface area contributed by atoms with Crippen LogP contribution in [0, 0.1) is 5.92 Å². The molecular weight excluding hydrogens is 279 g/mol. The number of fused-ring (bicyclic) bond motifs is 1. The van der Waals surface area contributed by atoms with E-state index in [1.807, 2.05) is 29.2 Å². The zero-order chi connectivity index (χ0) is 14.9. The van der Waals surface area contributed by atoms with Crippen LogP contribution in [0.15, 0.2) is 36.7 Å². The van der Waals surface area contributed by atoms with Crippen LogP contribution in [0.1, 0.15) is 0 Å². The average Bonchev–Trinajstić information content (AvgIpc) is 2.72. The van der Waals surface area contributed by atoms with Crippen molar-refractivity contribution in [2.75, 3.05) is 31.1 Å². The van der Waals surface area contributed by atoms with Crippen LogP contribution in [-0.4, -0.2) is 37.3 Å². The van der Waals surface area contributed by atoms with Gasteiger partial charge in [-0.25, -0.2) is 0 Å². The van der Waals surface area contributed by atoms with E-state index in [0.717, 1.165) is 16.5 Å². The van der Waals surface area contributed by atoms with Gasteiger partial charge < -0.3 is 10.2 Å². The maximum Gasteiger partial charge on any atom is 0.394 e. The standard InChI is InChI=1S/C15H16F3N3/c16-15(17,18)12-9-20-6-7-21(10-12)14-3-1-2-11-8-19-5-4-13(11)14/h1-5,8,12,20H,6-7,9-10H2. The molecule has 0 bridgehead atoms. The minimum Gasteiger partial charge on any atom is -0.369 e. The first-order valence-electron chi connectivity index (χ1n) is 6.91. The van der Waals surface area contributed by atoms with Crippen LogP contribution in [0.5, 0.6) is 0 Å². The Morgan fingerprint density at radius 1 is 1.24 bits per heavy atom.